The van der Waals surface area contributed by atoms with E-state index < -0.39 is 12.0 Å². The van der Waals surface area contributed by atoms with Crippen molar-refractivity contribution >= 4 is 17.7 Å². The fraction of sp³-hybridized carbons (Fsp3) is 0.800. The van der Waals surface area contributed by atoms with Crippen molar-refractivity contribution in [3.8, 4) is 0 Å². The zero-order valence-corrected chi connectivity index (χ0v) is 7.41. The Morgan fingerprint density at radius 1 is 1.80 bits per heavy atom. The Labute approximate surface area is 74.9 Å². The molecule has 5 heteroatoms. The molecule has 0 heterocycles. The Balaban J connectivity index is 0. The van der Waals surface area contributed by atoms with Gasteiger partial charge in [-0.2, -0.15) is 11.8 Å². The van der Waals surface area contributed by atoms with Crippen LogP contribution in [-0.2, 0) is 21.6 Å². The molecule has 0 fully saturated rings. The third-order valence-corrected chi connectivity index (χ3v) is 1.54. The van der Waals surface area contributed by atoms with Gasteiger partial charge in [0.15, 0.2) is 0 Å². The molecule has 0 spiro atoms. The normalized spacial score (nSPS) is 11.8. The predicted octanol–water partition coefficient (Wildman–Crippen LogP) is -0.0923. The summed E-state index contributed by atoms with van der Waals surface area (Å²) in [6, 6.07) is -1.04. The molecule has 1 N–H and O–H groups in total. The first kappa shape index (κ1) is 12.9. The van der Waals surface area contributed by atoms with Crippen LogP contribution in [0, 0.1) is 0 Å². The number of hydrogen-bond donors (Lipinski definition) is 0. The number of hydrogen-bond acceptors (Lipinski definition) is 3. The zero-order chi connectivity index (χ0) is 7.28. The van der Waals surface area contributed by atoms with Gasteiger partial charge in [0.25, 0.3) is 0 Å². The zero-order valence-electron chi connectivity index (χ0n) is 5.55. The minimum absolute atomic E-state index is 0. The molecule has 0 saturated carbocycles. The molecule has 0 bridgehead atoms. The maximum atomic E-state index is 9.90. The second-order valence-electron chi connectivity index (χ2n) is 1.65. The molecular formula is C5H9CoNO2S. The Bertz CT molecular complexity index is 102. The van der Waals surface area contributed by atoms with E-state index in [2.05, 4.69) is 0 Å². The molecule has 0 aromatic carbocycles. The molecule has 61 valence electrons. The Hall–Kier alpha value is 0.286. The van der Waals surface area contributed by atoms with Crippen molar-refractivity contribution in [1.82, 2.24) is 0 Å². The summed E-state index contributed by atoms with van der Waals surface area (Å²) in [6.07, 6.45) is 2.26. The molecule has 0 amide bonds. The summed E-state index contributed by atoms with van der Waals surface area (Å²) in [5, 5.41) is 9.90. The molecule has 0 saturated heterocycles. The van der Waals surface area contributed by atoms with Gasteiger partial charge in [0, 0.05) is 5.97 Å². The Morgan fingerprint density at radius 3 is 2.60 bits per heavy atom. The first-order chi connectivity index (χ1) is 4.18. The van der Waals surface area contributed by atoms with Crippen molar-refractivity contribution in [2.24, 2.45) is 0 Å². The third kappa shape index (κ3) is 6.41. The molecule has 0 unspecified atom stereocenters. The summed E-state index contributed by atoms with van der Waals surface area (Å²) in [5.74, 6) is -0.564. The van der Waals surface area contributed by atoms with Crippen molar-refractivity contribution in [1.29, 1.82) is 0 Å². The molecule has 1 radical (unpaired) electrons. The van der Waals surface area contributed by atoms with Crippen LogP contribution in [0.2, 0.25) is 0 Å². The average Bonchev–Trinajstić information content (AvgIpc) is 1.82. The van der Waals surface area contributed by atoms with Crippen LogP contribution in [0.15, 0.2) is 0 Å². The van der Waals surface area contributed by atoms with E-state index in [1.54, 1.807) is 0 Å². The van der Waals surface area contributed by atoms with E-state index in [0.29, 0.717) is 12.2 Å². The number of aliphatic carboxylic acids is 1. The van der Waals surface area contributed by atoms with E-state index in [1.165, 1.54) is 11.8 Å². The molecule has 1 atom stereocenters. The smallest absolute Gasteiger partial charge is 0.670 e. The van der Waals surface area contributed by atoms with Crippen molar-refractivity contribution in [3.63, 3.8) is 0 Å². The van der Waals surface area contributed by atoms with Gasteiger partial charge in [0.1, 0.15) is 0 Å². The van der Waals surface area contributed by atoms with Gasteiger partial charge in [0.05, 0.1) is 0 Å². The largest absolute Gasteiger partial charge is 2.00 e. The van der Waals surface area contributed by atoms with Crippen molar-refractivity contribution < 1.29 is 26.7 Å². The number of rotatable bonds is 4. The molecular weight excluding hydrogens is 197 g/mol. The second kappa shape index (κ2) is 7.39. The van der Waals surface area contributed by atoms with Crippen LogP contribution in [0.4, 0.5) is 0 Å². The monoisotopic (exact) mass is 206 g/mol. The molecule has 3 nitrogen and oxygen atoms in total. The summed E-state index contributed by atoms with van der Waals surface area (Å²) in [4.78, 5) is 9.90. The molecule has 0 aromatic heterocycles. The summed E-state index contributed by atoms with van der Waals surface area (Å²) < 4.78 is 0. The molecule has 0 rings (SSSR count). The summed E-state index contributed by atoms with van der Waals surface area (Å²) >= 11 is 1.54. The SMILES string of the molecule is CSCC[C@H]([NH-])C(=O)[O-].[Co+2]. The summed E-state index contributed by atoms with van der Waals surface area (Å²) in [5.41, 5.74) is 6.85. The fourth-order valence-corrected chi connectivity index (χ4v) is 0.825. The molecule has 0 aliphatic rings. The van der Waals surface area contributed by atoms with Crippen molar-refractivity contribution in [2.75, 3.05) is 12.0 Å². The Morgan fingerprint density at radius 2 is 2.30 bits per heavy atom. The van der Waals surface area contributed by atoms with Crippen molar-refractivity contribution in [2.45, 2.75) is 12.5 Å². The second-order valence-corrected chi connectivity index (χ2v) is 2.64. The Kier molecular flexibility index (Phi) is 9.55. The third-order valence-electron chi connectivity index (χ3n) is 0.895. The van der Waals surface area contributed by atoms with Gasteiger partial charge in [-0.05, 0) is 12.0 Å². The van der Waals surface area contributed by atoms with E-state index in [4.69, 9.17) is 5.73 Å². The quantitative estimate of drug-likeness (QED) is 0.645. The van der Waals surface area contributed by atoms with Crippen LogP contribution in [0.5, 0.6) is 0 Å². The minimum atomic E-state index is -1.27. The number of carboxylic acids is 1. The minimum Gasteiger partial charge on any atom is -0.670 e. The van der Waals surface area contributed by atoms with E-state index in [0.717, 1.165) is 0 Å². The van der Waals surface area contributed by atoms with Crippen molar-refractivity contribution in [3.05, 3.63) is 5.73 Å². The predicted molar refractivity (Wildman–Crippen MR) is 36.1 cm³/mol. The maximum Gasteiger partial charge on any atom is 2.00 e. The molecule has 0 aromatic rings. The van der Waals surface area contributed by atoms with Gasteiger partial charge in [0.2, 0.25) is 0 Å². The van der Waals surface area contributed by atoms with Gasteiger partial charge in [-0.15, -0.1) is 0 Å². The fourth-order valence-electron chi connectivity index (χ4n) is 0.354. The molecule has 10 heavy (non-hydrogen) atoms. The van der Waals surface area contributed by atoms with Gasteiger partial charge in [-0.25, -0.2) is 0 Å². The number of carbonyl (C=O) groups excluding carboxylic acids is 1. The van der Waals surface area contributed by atoms with E-state index in [9.17, 15) is 9.90 Å². The first-order valence-electron chi connectivity index (χ1n) is 2.59. The topological polar surface area (TPSA) is 63.9 Å². The van der Waals surface area contributed by atoms with Crippen LogP contribution in [0.3, 0.4) is 0 Å². The summed E-state index contributed by atoms with van der Waals surface area (Å²) in [7, 11) is 0. The van der Waals surface area contributed by atoms with E-state index >= 15 is 0 Å². The standard InChI is InChI=1S/C5H10NO2S.Co/c1-9-3-2-4(6)5(7)8;/h4,6H,2-3H2,1H3,(H,7,8);/q-1;+2/p-1/t4-;/m0./s1. The van der Waals surface area contributed by atoms with Gasteiger partial charge in [-0.3, -0.25) is 0 Å². The van der Waals surface area contributed by atoms with Crippen LogP contribution < -0.4 is 5.11 Å². The van der Waals surface area contributed by atoms with Crippen LogP contribution >= 0.6 is 11.8 Å². The van der Waals surface area contributed by atoms with Gasteiger partial charge in [-0.1, -0.05) is 12.5 Å². The molecule has 0 aliphatic heterocycles. The van der Waals surface area contributed by atoms with Crippen LogP contribution in [0.25, 0.3) is 5.73 Å². The van der Waals surface area contributed by atoms with Crippen LogP contribution in [-0.4, -0.2) is 24.0 Å². The molecule has 0 aliphatic carbocycles. The number of carbonyl (C=O) groups is 1. The first-order valence-corrected chi connectivity index (χ1v) is 3.98. The maximum absolute atomic E-state index is 9.90. The van der Waals surface area contributed by atoms with Gasteiger partial charge < -0.3 is 15.6 Å². The van der Waals surface area contributed by atoms with E-state index in [1.807, 2.05) is 6.26 Å². The summed E-state index contributed by atoms with van der Waals surface area (Å²) in [6.45, 7) is 0. The van der Waals surface area contributed by atoms with Crippen LogP contribution in [0.1, 0.15) is 6.42 Å². The number of thioether (sulfide) groups is 1. The number of carboxylic acid groups (broad SMARTS) is 1. The van der Waals surface area contributed by atoms with Gasteiger partial charge >= 0.3 is 16.8 Å². The average molecular weight is 206 g/mol. The van der Waals surface area contributed by atoms with E-state index in [-0.39, 0.29) is 16.8 Å². The number of nitrogens with one attached hydrogen (secondary N) is 1.